The molecule has 0 aliphatic carbocycles. The lowest BCUT2D eigenvalue weighted by atomic mass is 10.0. The second kappa shape index (κ2) is 7.92. The number of nitrogens with zero attached hydrogens (tertiary/aromatic N) is 2. The summed E-state index contributed by atoms with van der Waals surface area (Å²) in [6.07, 6.45) is 1.50. The van der Waals surface area contributed by atoms with E-state index < -0.39 is 5.97 Å². The first kappa shape index (κ1) is 17.7. The Balaban J connectivity index is 1.58. The highest BCUT2D eigenvalue weighted by Crippen LogP contribution is 2.39. The molecule has 28 heavy (non-hydrogen) atoms. The molecule has 140 valence electrons. The summed E-state index contributed by atoms with van der Waals surface area (Å²) < 4.78 is 11.1. The van der Waals surface area contributed by atoms with Crippen molar-refractivity contribution in [2.75, 3.05) is 18.1 Å². The van der Waals surface area contributed by atoms with Crippen LogP contribution in [0.4, 0.5) is 5.69 Å². The maximum Gasteiger partial charge on any atom is 0.357 e. The summed E-state index contributed by atoms with van der Waals surface area (Å²) >= 11 is 0. The fraction of sp³-hybridized carbons (Fsp3) is 0.136. The molecule has 0 radical (unpaired) electrons. The molecule has 0 N–H and O–H groups in total. The van der Waals surface area contributed by atoms with Gasteiger partial charge in [-0.05, 0) is 29.8 Å². The molecule has 6 nitrogen and oxygen atoms in total. The number of hydrogen-bond acceptors (Lipinski definition) is 5. The molecule has 1 unspecified atom stereocenters. The monoisotopic (exact) mass is 374 g/mol. The van der Waals surface area contributed by atoms with Gasteiger partial charge in [0, 0.05) is 6.20 Å². The van der Waals surface area contributed by atoms with Gasteiger partial charge in [-0.2, -0.15) is 0 Å². The number of para-hydroxylation sites is 2. The smallest absolute Gasteiger partial charge is 0.357 e. The van der Waals surface area contributed by atoms with Crippen LogP contribution in [-0.4, -0.2) is 30.1 Å². The minimum atomic E-state index is -0.633. The Labute approximate surface area is 162 Å². The number of benzene rings is 2. The van der Waals surface area contributed by atoms with E-state index in [0.717, 1.165) is 5.56 Å². The Hall–Kier alpha value is -3.67. The van der Waals surface area contributed by atoms with Crippen molar-refractivity contribution in [3.05, 3.63) is 90.3 Å². The fourth-order valence-corrected chi connectivity index (χ4v) is 3.17. The average Bonchev–Trinajstić information content (AvgIpc) is 2.77. The third-order valence-electron chi connectivity index (χ3n) is 4.49. The maximum atomic E-state index is 13.1. The fourth-order valence-electron chi connectivity index (χ4n) is 3.17. The summed E-state index contributed by atoms with van der Waals surface area (Å²) in [5.74, 6) is -0.334. The van der Waals surface area contributed by atoms with Gasteiger partial charge in [-0.15, -0.1) is 0 Å². The van der Waals surface area contributed by atoms with Crippen molar-refractivity contribution in [3.8, 4) is 5.75 Å². The third-order valence-corrected chi connectivity index (χ3v) is 4.49. The van der Waals surface area contributed by atoms with E-state index in [1.54, 1.807) is 23.1 Å². The molecule has 4 rings (SSSR count). The minimum Gasteiger partial charge on any atom is -0.489 e. The van der Waals surface area contributed by atoms with Crippen molar-refractivity contribution in [1.29, 1.82) is 0 Å². The Morgan fingerprint density at radius 3 is 2.54 bits per heavy atom. The lowest BCUT2D eigenvalue weighted by Crippen LogP contribution is -2.43. The van der Waals surface area contributed by atoms with Crippen molar-refractivity contribution < 1.29 is 19.1 Å². The highest BCUT2D eigenvalue weighted by Gasteiger charge is 2.33. The van der Waals surface area contributed by atoms with Crippen LogP contribution in [0.5, 0.6) is 5.75 Å². The number of fused-ring (bicyclic) bond motifs is 1. The number of hydrogen-bond donors (Lipinski definition) is 0. The van der Waals surface area contributed by atoms with Crippen LogP contribution in [-0.2, 0) is 9.53 Å². The predicted octanol–water partition coefficient (Wildman–Crippen LogP) is 3.41. The van der Waals surface area contributed by atoms with Gasteiger partial charge in [0.25, 0.3) is 5.91 Å². The van der Waals surface area contributed by atoms with Crippen LogP contribution >= 0.6 is 0 Å². The van der Waals surface area contributed by atoms with Gasteiger partial charge in [0.15, 0.2) is 6.61 Å². The molecular formula is C22H18N2O4. The highest BCUT2D eigenvalue weighted by atomic mass is 16.5. The maximum absolute atomic E-state index is 13.1. The van der Waals surface area contributed by atoms with E-state index in [1.165, 1.54) is 6.20 Å². The molecule has 2 heterocycles. The summed E-state index contributed by atoms with van der Waals surface area (Å²) in [4.78, 5) is 30.8. The van der Waals surface area contributed by atoms with Gasteiger partial charge in [-0.25, -0.2) is 9.78 Å². The molecule has 6 heteroatoms. The summed E-state index contributed by atoms with van der Waals surface area (Å²) in [5, 5.41) is 0. The van der Waals surface area contributed by atoms with Gasteiger partial charge in [-0.1, -0.05) is 48.5 Å². The van der Waals surface area contributed by atoms with E-state index >= 15 is 0 Å². The van der Waals surface area contributed by atoms with E-state index in [4.69, 9.17) is 9.47 Å². The van der Waals surface area contributed by atoms with Crippen LogP contribution in [0.2, 0.25) is 0 Å². The van der Waals surface area contributed by atoms with E-state index in [-0.39, 0.29) is 24.2 Å². The largest absolute Gasteiger partial charge is 0.489 e. The van der Waals surface area contributed by atoms with Crippen molar-refractivity contribution in [1.82, 2.24) is 4.98 Å². The molecule has 0 spiro atoms. The Morgan fingerprint density at radius 1 is 1.00 bits per heavy atom. The van der Waals surface area contributed by atoms with E-state index in [2.05, 4.69) is 4.98 Å². The van der Waals surface area contributed by atoms with E-state index in [9.17, 15) is 9.59 Å². The number of pyridine rings is 1. The summed E-state index contributed by atoms with van der Waals surface area (Å²) in [5.41, 5.74) is 1.76. The van der Waals surface area contributed by atoms with Crippen molar-refractivity contribution in [3.63, 3.8) is 0 Å². The zero-order valence-electron chi connectivity index (χ0n) is 15.0. The normalized spacial score (nSPS) is 15.3. The third kappa shape index (κ3) is 3.57. The number of esters is 1. The zero-order chi connectivity index (χ0) is 19.3. The average molecular weight is 374 g/mol. The molecule has 0 saturated heterocycles. The lowest BCUT2D eigenvalue weighted by molar-refractivity contribution is -0.122. The van der Waals surface area contributed by atoms with Gasteiger partial charge in [0.05, 0.1) is 11.7 Å². The SMILES string of the molecule is O=C(OCC(=O)N1c2ccccc2OCC1c1ccccc1)c1ccccn1. The van der Waals surface area contributed by atoms with E-state index in [1.807, 2.05) is 54.6 Å². The number of anilines is 1. The second-order valence-corrected chi connectivity index (χ2v) is 6.26. The number of amides is 1. The van der Waals surface area contributed by atoms with Crippen molar-refractivity contribution in [2.45, 2.75) is 6.04 Å². The minimum absolute atomic E-state index is 0.164. The van der Waals surface area contributed by atoms with E-state index in [0.29, 0.717) is 18.0 Å². The van der Waals surface area contributed by atoms with Crippen molar-refractivity contribution in [2.24, 2.45) is 0 Å². The Bertz CT molecular complexity index is 976. The van der Waals surface area contributed by atoms with Crippen LogP contribution in [0.3, 0.4) is 0 Å². The number of carbonyl (C=O) groups is 2. The molecule has 0 saturated carbocycles. The molecule has 0 bridgehead atoms. The molecule has 1 aliphatic rings. The molecule has 1 amide bonds. The van der Waals surface area contributed by atoms with Crippen LogP contribution in [0, 0.1) is 0 Å². The van der Waals surface area contributed by atoms with Gasteiger partial charge < -0.3 is 9.47 Å². The molecule has 1 aromatic heterocycles. The standard InChI is InChI=1S/C22H18N2O4/c25-21(15-28-22(26)17-10-6-7-13-23-17)24-18-11-4-5-12-20(18)27-14-19(24)16-8-2-1-3-9-16/h1-13,19H,14-15H2. The van der Waals surface area contributed by atoms with Crippen LogP contribution in [0.15, 0.2) is 79.0 Å². The molecule has 0 fully saturated rings. The summed E-state index contributed by atoms with van der Waals surface area (Å²) in [7, 11) is 0. The van der Waals surface area contributed by atoms with Gasteiger partial charge >= 0.3 is 5.97 Å². The first-order valence-electron chi connectivity index (χ1n) is 8.91. The van der Waals surface area contributed by atoms with Crippen LogP contribution in [0.1, 0.15) is 22.1 Å². The molecular weight excluding hydrogens is 356 g/mol. The first-order chi connectivity index (χ1) is 13.7. The quantitative estimate of drug-likeness (QED) is 0.655. The van der Waals surface area contributed by atoms with Gasteiger partial charge in [0.2, 0.25) is 0 Å². The van der Waals surface area contributed by atoms with Crippen molar-refractivity contribution >= 4 is 17.6 Å². The molecule has 1 atom stereocenters. The number of rotatable bonds is 4. The summed E-state index contributed by atoms with van der Waals surface area (Å²) in [6, 6.07) is 21.6. The van der Waals surface area contributed by atoms with Gasteiger partial charge in [-0.3, -0.25) is 9.69 Å². The molecule has 3 aromatic rings. The number of ether oxygens (including phenoxy) is 2. The van der Waals surface area contributed by atoms with Gasteiger partial charge in [0.1, 0.15) is 18.1 Å². The Morgan fingerprint density at radius 2 is 1.75 bits per heavy atom. The van der Waals surface area contributed by atoms with Crippen LogP contribution in [0.25, 0.3) is 0 Å². The lowest BCUT2D eigenvalue weighted by Gasteiger charge is -2.37. The molecule has 2 aromatic carbocycles. The number of aromatic nitrogens is 1. The zero-order valence-corrected chi connectivity index (χ0v) is 15.0. The molecule has 1 aliphatic heterocycles. The second-order valence-electron chi connectivity index (χ2n) is 6.26. The summed E-state index contributed by atoms with van der Waals surface area (Å²) in [6.45, 7) is -0.0615. The number of carbonyl (C=O) groups excluding carboxylic acids is 2. The highest BCUT2D eigenvalue weighted by molar-refractivity contribution is 5.98. The topological polar surface area (TPSA) is 68.7 Å². The Kier molecular flexibility index (Phi) is 5.01. The predicted molar refractivity (Wildman–Crippen MR) is 103 cm³/mol. The first-order valence-corrected chi connectivity index (χ1v) is 8.91. The van der Waals surface area contributed by atoms with Crippen LogP contribution < -0.4 is 9.64 Å².